The van der Waals surface area contributed by atoms with E-state index in [9.17, 15) is 0 Å². The number of hydrogen-bond donors (Lipinski definition) is 1. The number of aryl methyl sites for hydroxylation is 1. The van der Waals surface area contributed by atoms with Gasteiger partial charge in [0.25, 0.3) is 0 Å². The van der Waals surface area contributed by atoms with Gasteiger partial charge in [-0.2, -0.15) is 0 Å². The van der Waals surface area contributed by atoms with E-state index >= 15 is 0 Å². The molecule has 1 aromatic carbocycles. The summed E-state index contributed by atoms with van der Waals surface area (Å²) in [6.45, 7) is 3.63. The molecule has 0 aliphatic rings. The fraction of sp³-hybridized carbons (Fsp3) is 0.357. The van der Waals surface area contributed by atoms with Crippen LogP contribution in [0.25, 0.3) is 0 Å². The molecular weight excluding hydrogens is 244 g/mol. The van der Waals surface area contributed by atoms with Gasteiger partial charge >= 0.3 is 0 Å². The van der Waals surface area contributed by atoms with Crippen molar-refractivity contribution in [2.24, 2.45) is 0 Å². The number of aromatic nitrogens is 1. The zero-order valence-electron chi connectivity index (χ0n) is 10.8. The Morgan fingerprint density at radius 3 is 2.67 bits per heavy atom. The van der Waals surface area contributed by atoms with Crippen LogP contribution in [-0.2, 0) is 24.3 Å². The van der Waals surface area contributed by atoms with Crippen LogP contribution in [0.5, 0.6) is 0 Å². The van der Waals surface area contributed by atoms with Gasteiger partial charge in [-0.15, -0.1) is 11.3 Å². The minimum atomic E-state index is 0.662. The van der Waals surface area contributed by atoms with Crippen molar-refractivity contribution in [3.8, 4) is 0 Å². The Labute approximate surface area is 112 Å². The third-order valence-corrected chi connectivity index (χ3v) is 3.78. The molecule has 4 heteroatoms. The van der Waals surface area contributed by atoms with Crippen LogP contribution in [0, 0.1) is 0 Å². The van der Waals surface area contributed by atoms with Gasteiger partial charge in [0.15, 0.2) is 0 Å². The number of anilines is 1. The first-order valence-electron chi connectivity index (χ1n) is 6.07. The summed E-state index contributed by atoms with van der Waals surface area (Å²) < 4.78 is 5.09. The predicted octanol–water partition coefficient (Wildman–Crippen LogP) is 3.46. The number of ether oxygens (including phenoxy) is 1. The van der Waals surface area contributed by atoms with Crippen molar-refractivity contribution in [1.29, 1.82) is 0 Å². The van der Waals surface area contributed by atoms with Crippen molar-refractivity contribution in [2.75, 3.05) is 12.4 Å². The van der Waals surface area contributed by atoms with Crippen LogP contribution in [0.1, 0.15) is 22.4 Å². The van der Waals surface area contributed by atoms with Crippen molar-refractivity contribution in [1.82, 2.24) is 4.98 Å². The van der Waals surface area contributed by atoms with Gasteiger partial charge in [0.05, 0.1) is 18.2 Å². The van der Waals surface area contributed by atoms with E-state index in [-0.39, 0.29) is 0 Å². The second kappa shape index (κ2) is 6.52. The van der Waals surface area contributed by atoms with Gasteiger partial charge in [-0.25, -0.2) is 4.98 Å². The molecular formula is C14H18N2OS. The van der Waals surface area contributed by atoms with Crippen LogP contribution in [0.15, 0.2) is 30.5 Å². The molecule has 2 rings (SSSR count). The minimum absolute atomic E-state index is 0.662. The number of nitrogens with one attached hydrogen (secondary N) is 1. The quantitative estimate of drug-likeness (QED) is 0.865. The van der Waals surface area contributed by atoms with E-state index in [4.69, 9.17) is 4.74 Å². The summed E-state index contributed by atoms with van der Waals surface area (Å²) in [6, 6.07) is 8.32. The lowest BCUT2D eigenvalue weighted by Gasteiger charge is -2.05. The van der Waals surface area contributed by atoms with Gasteiger partial charge in [-0.1, -0.05) is 19.1 Å². The Hall–Kier alpha value is -1.39. The van der Waals surface area contributed by atoms with Gasteiger partial charge in [-0.05, 0) is 24.1 Å². The van der Waals surface area contributed by atoms with Crippen LogP contribution in [0.2, 0.25) is 0 Å². The van der Waals surface area contributed by atoms with E-state index in [0.717, 1.165) is 18.7 Å². The fourth-order valence-corrected chi connectivity index (χ4v) is 2.47. The van der Waals surface area contributed by atoms with Gasteiger partial charge in [-0.3, -0.25) is 0 Å². The molecule has 1 aromatic heterocycles. The molecule has 1 N–H and O–H groups in total. The molecule has 0 unspecified atom stereocenters. The summed E-state index contributed by atoms with van der Waals surface area (Å²) >= 11 is 1.77. The van der Waals surface area contributed by atoms with E-state index in [2.05, 4.69) is 41.5 Å². The molecule has 1 heterocycles. The number of rotatable bonds is 6. The van der Waals surface area contributed by atoms with E-state index in [1.165, 1.54) is 15.4 Å². The maximum absolute atomic E-state index is 5.09. The van der Waals surface area contributed by atoms with Crippen molar-refractivity contribution in [3.63, 3.8) is 0 Å². The number of hydrogen-bond acceptors (Lipinski definition) is 4. The van der Waals surface area contributed by atoms with Gasteiger partial charge in [0.1, 0.15) is 0 Å². The summed E-state index contributed by atoms with van der Waals surface area (Å²) in [5.41, 5.74) is 2.32. The van der Waals surface area contributed by atoms with Crippen LogP contribution >= 0.6 is 11.3 Å². The van der Waals surface area contributed by atoms with Crippen molar-refractivity contribution in [3.05, 3.63) is 45.9 Å². The fourth-order valence-electron chi connectivity index (χ4n) is 1.67. The zero-order valence-corrected chi connectivity index (χ0v) is 11.6. The van der Waals surface area contributed by atoms with E-state index < -0.39 is 0 Å². The first-order valence-corrected chi connectivity index (χ1v) is 6.88. The molecule has 0 bridgehead atoms. The van der Waals surface area contributed by atoms with Crippen molar-refractivity contribution < 1.29 is 4.74 Å². The van der Waals surface area contributed by atoms with Crippen LogP contribution in [0.4, 0.5) is 5.69 Å². The highest BCUT2D eigenvalue weighted by Gasteiger charge is 2.00. The topological polar surface area (TPSA) is 34.2 Å². The number of nitrogens with zero attached hydrogens (tertiary/aromatic N) is 1. The Kier molecular flexibility index (Phi) is 4.73. The molecule has 0 amide bonds. The third kappa shape index (κ3) is 3.55. The molecule has 96 valence electrons. The third-order valence-electron chi connectivity index (χ3n) is 2.64. The molecule has 0 aliphatic heterocycles. The minimum Gasteiger partial charge on any atom is -0.380 e. The smallest absolute Gasteiger partial charge is 0.0925 e. The highest BCUT2D eigenvalue weighted by molar-refractivity contribution is 7.11. The maximum Gasteiger partial charge on any atom is 0.0925 e. The lowest BCUT2D eigenvalue weighted by atomic mass is 10.2. The zero-order chi connectivity index (χ0) is 12.8. The molecule has 18 heavy (non-hydrogen) atoms. The lowest BCUT2D eigenvalue weighted by molar-refractivity contribution is 0.185. The second-order valence-corrected chi connectivity index (χ2v) is 5.26. The molecule has 0 saturated heterocycles. The monoisotopic (exact) mass is 262 g/mol. The molecule has 0 radical (unpaired) electrons. The highest BCUT2D eigenvalue weighted by Crippen LogP contribution is 2.16. The van der Waals surface area contributed by atoms with Crippen molar-refractivity contribution >= 4 is 17.0 Å². The van der Waals surface area contributed by atoms with Gasteiger partial charge in [0.2, 0.25) is 0 Å². The van der Waals surface area contributed by atoms with E-state index in [1.807, 2.05) is 6.20 Å². The number of benzene rings is 1. The van der Waals surface area contributed by atoms with Gasteiger partial charge in [0, 0.05) is 23.9 Å². The second-order valence-electron chi connectivity index (χ2n) is 4.06. The van der Waals surface area contributed by atoms with Crippen LogP contribution in [0.3, 0.4) is 0 Å². The molecule has 3 nitrogen and oxygen atoms in total. The Morgan fingerprint density at radius 1 is 1.28 bits per heavy atom. The Balaban J connectivity index is 1.89. The molecule has 0 aliphatic carbocycles. The van der Waals surface area contributed by atoms with Gasteiger partial charge < -0.3 is 10.1 Å². The lowest BCUT2D eigenvalue weighted by Crippen LogP contribution is -1.97. The highest BCUT2D eigenvalue weighted by atomic mass is 32.1. The largest absolute Gasteiger partial charge is 0.380 e. The first-order chi connectivity index (χ1) is 8.81. The van der Waals surface area contributed by atoms with Crippen molar-refractivity contribution in [2.45, 2.75) is 26.5 Å². The van der Waals surface area contributed by atoms with Crippen LogP contribution in [-0.4, -0.2) is 12.1 Å². The number of thiazole rings is 1. The SMILES string of the molecule is CCc1ncc(CNc2ccc(COC)cc2)s1. The molecule has 0 spiro atoms. The molecule has 2 aromatic rings. The first kappa shape index (κ1) is 13.1. The standard InChI is InChI=1S/C14H18N2OS/c1-3-14-16-9-13(18-14)8-15-12-6-4-11(5-7-12)10-17-2/h4-7,9,15H,3,8,10H2,1-2H3. The molecule has 0 atom stereocenters. The molecule has 0 fully saturated rings. The average Bonchev–Trinajstić information content (AvgIpc) is 2.86. The summed E-state index contributed by atoms with van der Waals surface area (Å²) in [7, 11) is 1.71. The summed E-state index contributed by atoms with van der Waals surface area (Å²) in [5, 5.41) is 4.59. The maximum atomic E-state index is 5.09. The predicted molar refractivity (Wildman–Crippen MR) is 76.0 cm³/mol. The number of methoxy groups -OCH3 is 1. The molecule has 0 saturated carbocycles. The van der Waals surface area contributed by atoms with E-state index in [0.29, 0.717) is 6.61 Å². The summed E-state index contributed by atoms with van der Waals surface area (Å²) in [5.74, 6) is 0. The van der Waals surface area contributed by atoms with Crippen LogP contribution < -0.4 is 5.32 Å². The van der Waals surface area contributed by atoms with E-state index in [1.54, 1.807) is 18.4 Å². The summed E-state index contributed by atoms with van der Waals surface area (Å²) in [4.78, 5) is 5.62. The Bertz CT molecular complexity index is 479. The normalized spacial score (nSPS) is 10.6. The summed E-state index contributed by atoms with van der Waals surface area (Å²) in [6.07, 6.45) is 2.96. The average molecular weight is 262 g/mol. The Morgan fingerprint density at radius 2 is 2.06 bits per heavy atom.